The molecule has 3 aromatic carbocycles. The van der Waals surface area contributed by atoms with Crippen LogP contribution >= 0.6 is 0 Å². The number of hydrogen-bond acceptors (Lipinski definition) is 6. The third kappa shape index (κ3) is 6.62. The summed E-state index contributed by atoms with van der Waals surface area (Å²) >= 11 is 0. The summed E-state index contributed by atoms with van der Waals surface area (Å²) in [5, 5.41) is 2.94. The van der Waals surface area contributed by atoms with Gasteiger partial charge in [0.1, 0.15) is 12.1 Å². The van der Waals surface area contributed by atoms with Gasteiger partial charge in [0, 0.05) is 30.9 Å². The average molecular weight is 611 g/mol. The molecular formula is C36H42N4O5. The zero-order valence-corrected chi connectivity index (χ0v) is 26.0. The van der Waals surface area contributed by atoms with Gasteiger partial charge in [-0.3, -0.25) is 14.4 Å². The van der Waals surface area contributed by atoms with E-state index in [2.05, 4.69) is 29.3 Å². The maximum Gasteiger partial charge on any atom is 0.253 e. The molecule has 2 saturated heterocycles. The molecule has 6 rings (SSSR count). The highest BCUT2D eigenvalue weighted by Gasteiger charge is 2.54. The minimum absolute atomic E-state index is 0.00107. The molecule has 0 bridgehead atoms. The summed E-state index contributed by atoms with van der Waals surface area (Å²) in [6.45, 7) is 3.94. The van der Waals surface area contributed by atoms with Crippen molar-refractivity contribution in [3.8, 4) is 11.5 Å². The van der Waals surface area contributed by atoms with E-state index in [0.717, 1.165) is 17.7 Å². The van der Waals surface area contributed by atoms with Gasteiger partial charge in [0.2, 0.25) is 12.7 Å². The van der Waals surface area contributed by atoms with Crippen molar-refractivity contribution in [2.75, 3.05) is 38.0 Å². The van der Waals surface area contributed by atoms with Crippen LogP contribution < -0.4 is 19.7 Å². The van der Waals surface area contributed by atoms with Crippen LogP contribution in [0, 0.1) is 0 Å². The average Bonchev–Trinajstić information content (AvgIpc) is 3.65. The fourth-order valence-corrected chi connectivity index (χ4v) is 6.64. The molecule has 3 heterocycles. The summed E-state index contributed by atoms with van der Waals surface area (Å²) in [5.74, 6) is 1.06. The lowest BCUT2D eigenvalue weighted by molar-refractivity contribution is -0.137. The van der Waals surface area contributed by atoms with Crippen LogP contribution in [-0.2, 0) is 22.6 Å². The number of likely N-dealkylation sites (tertiary alicyclic amines) is 1. The van der Waals surface area contributed by atoms with Crippen molar-refractivity contribution in [3.05, 3.63) is 89.5 Å². The van der Waals surface area contributed by atoms with Crippen molar-refractivity contribution in [1.82, 2.24) is 15.1 Å². The molecule has 0 radical (unpaired) electrons. The van der Waals surface area contributed by atoms with Crippen molar-refractivity contribution in [1.29, 1.82) is 0 Å². The molecule has 2 fully saturated rings. The largest absolute Gasteiger partial charge is 0.454 e. The van der Waals surface area contributed by atoms with E-state index in [1.54, 1.807) is 4.90 Å². The Kier molecular flexibility index (Phi) is 9.23. The zero-order valence-electron chi connectivity index (χ0n) is 26.0. The molecule has 3 amide bonds. The number of nitrogens with zero attached hydrogens (tertiary/aromatic N) is 3. The van der Waals surface area contributed by atoms with Crippen molar-refractivity contribution in [2.24, 2.45) is 0 Å². The van der Waals surface area contributed by atoms with Gasteiger partial charge in [-0.1, -0.05) is 62.6 Å². The first-order valence-corrected chi connectivity index (χ1v) is 16.1. The fourth-order valence-electron chi connectivity index (χ4n) is 6.64. The molecular weight excluding hydrogens is 568 g/mol. The molecule has 3 aromatic rings. The first kappa shape index (κ1) is 30.5. The highest BCUT2D eigenvalue weighted by molar-refractivity contribution is 5.97. The molecule has 0 atom stereocenters. The van der Waals surface area contributed by atoms with E-state index in [4.69, 9.17) is 9.47 Å². The fraction of sp³-hybridized carbons (Fsp3) is 0.417. The molecule has 1 N–H and O–H groups in total. The number of piperidine rings is 1. The van der Waals surface area contributed by atoms with Gasteiger partial charge in [-0.25, -0.2) is 0 Å². The standard InChI is InChI=1S/C36H42N4O5/c1-2-3-4-6-9-27-12-15-29(16-13-27)34(42)38-20-18-36(19-21-38)35(43)39(25-40(36)30-10-7-5-8-11-30)24-33(41)37-23-28-14-17-31-32(22-28)45-26-44-31/h5,7-8,10-17,22H,2-4,6,9,18-21,23-26H2,1H3,(H,37,41). The van der Waals surface area contributed by atoms with Crippen LogP contribution in [-0.4, -0.2) is 66.2 Å². The van der Waals surface area contributed by atoms with Gasteiger partial charge in [-0.2, -0.15) is 0 Å². The van der Waals surface area contributed by atoms with Crippen molar-refractivity contribution in [2.45, 2.75) is 64.0 Å². The van der Waals surface area contributed by atoms with Crippen LogP contribution in [0.15, 0.2) is 72.8 Å². The second-order valence-electron chi connectivity index (χ2n) is 12.2. The number of hydrogen-bond donors (Lipinski definition) is 1. The highest BCUT2D eigenvalue weighted by Crippen LogP contribution is 2.40. The van der Waals surface area contributed by atoms with Gasteiger partial charge < -0.3 is 29.5 Å². The lowest BCUT2D eigenvalue weighted by atomic mass is 9.85. The first-order valence-electron chi connectivity index (χ1n) is 16.1. The van der Waals surface area contributed by atoms with Crippen molar-refractivity contribution < 1.29 is 23.9 Å². The summed E-state index contributed by atoms with van der Waals surface area (Å²) in [7, 11) is 0. The third-order valence-electron chi connectivity index (χ3n) is 9.24. The Morgan fingerprint density at radius 1 is 0.867 bits per heavy atom. The normalized spacial score (nSPS) is 16.8. The van der Waals surface area contributed by atoms with Gasteiger partial charge in [-0.05, 0) is 73.2 Å². The third-order valence-corrected chi connectivity index (χ3v) is 9.24. The lowest BCUT2D eigenvalue weighted by Crippen LogP contribution is -2.57. The van der Waals surface area contributed by atoms with Crippen LogP contribution in [0.4, 0.5) is 5.69 Å². The number of rotatable bonds is 11. The monoisotopic (exact) mass is 610 g/mol. The summed E-state index contributed by atoms with van der Waals surface area (Å²) in [5.41, 5.74) is 2.96. The lowest BCUT2D eigenvalue weighted by Gasteiger charge is -2.43. The van der Waals surface area contributed by atoms with Gasteiger partial charge in [0.15, 0.2) is 11.5 Å². The van der Waals surface area contributed by atoms with Crippen LogP contribution in [0.25, 0.3) is 0 Å². The molecule has 0 aliphatic carbocycles. The number of anilines is 1. The second kappa shape index (κ2) is 13.6. The van der Waals surface area contributed by atoms with Crippen molar-refractivity contribution in [3.63, 3.8) is 0 Å². The van der Waals surface area contributed by atoms with E-state index in [9.17, 15) is 14.4 Å². The number of nitrogens with one attached hydrogen (secondary N) is 1. The Morgan fingerprint density at radius 2 is 1.60 bits per heavy atom. The van der Waals surface area contributed by atoms with Gasteiger partial charge in [-0.15, -0.1) is 0 Å². The predicted octanol–water partition coefficient (Wildman–Crippen LogP) is 5.14. The van der Waals surface area contributed by atoms with E-state index in [1.807, 2.05) is 65.6 Å². The van der Waals surface area contributed by atoms with Crippen LogP contribution in [0.5, 0.6) is 11.5 Å². The van der Waals surface area contributed by atoms with Crippen molar-refractivity contribution >= 4 is 23.4 Å². The van der Waals surface area contributed by atoms with E-state index in [-0.39, 0.29) is 31.1 Å². The van der Waals surface area contributed by atoms with Crippen LogP contribution in [0.1, 0.15) is 66.9 Å². The smallest absolute Gasteiger partial charge is 0.253 e. The molecule has 0 aromatic heterocycles. The predicted molar refractivity (Wildman–Crippen MR) is 172 cm³/mol. The molecule has 0 unspecified atom stereocenters. The number of para-hydroxylation sites is 1. The molecule has 3 aliphatic rings. The summed E-state index contributed by atoms with van der Waals surface area (Å²) < 4.78 is 10.8. The minimum atomic E-state index is -0.807. The molecule has 9 nitrogen and oxygen atoms in total. The van der Waals surface area contributed by atoms with Crippen LogP contribution in [0.2, 0.25) is 0 Å². The van der Waals surface area contributed by atoms with Gasteiger partial charge in [0.05, 0.1) is 6.67 Å². The van der Waals surface area contributed by atoms with Gasteiger partial charge in [0.25, 0.3) is 11.8 Å². The molecule has 0 saturated carbocycles. The highest BCUT2D eigenvalue weighted by atomic mass is 16.7. The van der Waals surface area contributed by atoms with E-state index in [1.165, 1.54) is 31.2 Å². The summed E-state index contributed by atoms with van der Waals surface area (Å²) in [6.07, 6.45) is 6.90. The Bertz CT molecular complexity index is 1500. The first-order chi connectivity index (χ1) is 22.0. The van der Waals surface area contributed by atoms with E-state index < -0.39 is 5.54 Å². The number of fused-ring (bicyclic) bond motifs is 1. The minimum Gasteiger partial charge on any atom is -0.454 e. The maximum atomic E-state index is 14.1. The zero-order chi connectivity index (χ0) is 31.2. The van der Waals surface area contributed by atoms with E-state index >= 15 is 0 Å². The Balaban J connectivity index is 1.09. The molecule has 3 aliphatic heterocycles. The molecule has 45 heavy (non-hydrogen) atoms. The summed E-state index contributed by atoms with van der Waals surface area (Å²) in [6, 6.07) is 23.4. The van der Waals surface area contributed by atoms with Crippen LogP contribution in [0.3, 0.4) is 0 Å². The quantitative estimate of drug-likeness (QED) is 0.303. The maximum absolute atomic E-state index is 14.1. The van der Waals surface area contributed by atoms with E-state index in [0.29, 0.717) is 56.2 Å². The SMILES string of the molecule is CCCCCCc1ccc(C(=O)N2CCC3(CC2)C(=O)N(CC(=O)NCc2ccc4c(c2)OCO4)CN3c2ccccc2)cc1. The Morgan fingerprint density at radius 3 is 2.36 bits per heavy atom. The molecule has 9 heteroatoms. The molecule has 236 valence electrons. The number of carbonyl (C=O) groups excluding carboxylic acids is 3. The summed E-state index contributed by atoms with van der Waals surface area (Å²) in [4.78, 5) is 46.2. The number of ether oxygens (including phenoxy) is 2. The van der Waals surface area contributed by atoms with Gasteiger partial charge >= 0.3 is 0 Å². The number of benzene rings is 3. The second-order valence-corrected chi connectivity index (χ2v) is 12.2. The molecule has 1 spiro atoms. The number of aryl methyl sites for hydroxylation is 1. The number of amides is 3. The number of unbranched alkanes of at least 4 members (excludes halogenated alkanes) is 3. The Hall–Kier alpha value is -4.53. The Labute approximate surface area is 265 Å². The topological polar surface area (TPSA) is 91.4 Å². The number of carbonyl (C=O) groups is 3.